The Hall–Kier alpha value is -4.19. The quantitative estimate of drug-likeness (QED) is 0.204. The third kappa shape index (κ3) is 5.66. The molecule has 2 heterocycles. The molecule has 35 heavy (non-hydrogen) atoms. The first-order chi connectivity index (χ1) is 17.0. The number of aryl methyl sites for hydroxylation is 1. The molecule has 0 saturated carbocycles. The smallest absolute Gasteiger partial charge is 0.293 e. The summed E-state index contributed by atoms with van der Waals surface area (Å²) in [4.78, 5) is 14.0. The van der Waals surface area contributed by atoms with E-state index in [1.807, 2.05) is 62.4 Å². The summed E-state index contributed by atoms with van der Waals surface area (Å²) in [6, 6.07) is 15.7. The number of amides is 1. The summed E-state index contributed by atoms with van der Waals surface area (Å²) in [6.45, 7) is 3.84. The maximum atomic E-state index is 13.0. The summed E-state index contributed by atoms with van der Waals surface area (Å²) in [5, 5.41) is 19.8. The number of nitrogens with one attached hydrogen (secondary N) is 1. The Labute approximate surface area is 205 Å². The molecule has 0 saturated heterocycles. The van der Waals surface area contributed by atoms with E-state index in [1.165, 1.54) is 16.4 Å². The predicted octanol–water partition coefficient (Wildman–Crippen LogP) is 3.19. The van der Waals surface area contributed by atoms with E-state index >= 15 is 0 Å². The number of hydrazone groups is 1. The van der Waals surface area contributed by atoms with Gasteiger partial charge in [0.15, 0.2) is 5.69 Å². The van der Waals surface area contributed by atoms with Crippen molar-refractivity contribution >= 4 is 29.2 Å². The zero-order valence-corrected chi connectivity index (χ0v) is 20.2. The van der Waals surface area contributed by atoms with Gasteiger partial charge in [0.25, 0.3) is 5.91 Å². The Kier molecular flexibility index (Phi) is 7.41. The van der Waals surface area contributed by atoms with E-state index in [-0.39, 0.29) is 17.3 Å². The van der Waals surface area contributed by atoms with Gasteiger partial charge in [0.1, 0.15) is 5.75 Å². The summed E-state index contributed by atoms with van der Waals surface area (Å²) in [6.07, 6.45) is 0.508. The molecule has 12 heteroatoms. The molecule has 0 atom stereocenters. The number of carbonyl (C=O) groups is 1. The summed E-state index contributed by atoms with van der Waals surface area (Å²) >= 11 is 1.52. The van der Waals surface area contributed by atoms with Crippen molar-refractivity contribution in [3.05, 3.63) is 71.0 Å². The van der Waals surface area contributed by atoms with Gasteiger partial charge in [-0.2, -0.15) is 9.78 Å². The van der Waals surface area contributed by atoms with Gasteiger partial charge in [0.05, 0.1) is 12.8 Å². The minimum atomic E-state index is -0.509. The number of nitrogens with two attached hydrogens (primary N) is 1. The van der Waals surface area contributed by atoms with Crippen LogP contribution in [0.4, 0.5) is 5.82 Å². The van der Waals surface area contributed by atoms with E-state index in [9.17, 15) is 4.79 Å². The highest BCUT2D eigenvalue weighted by atomic mass is 32.2. The van der Waals surface area contributed by atoms with E-state index in [0.717, 1.165) is 21.8 Å². The number of thioether (sulfide) groups is 1. The fourth-order valence-electron chi connectivity index (χ4n) is 3.26. The van der Waals surface area contributed by atoms with Gasteiger partial charge in [-0.15, -0.1) is 16.9 Å². The van der Waals surface area contributed by atoms with Crippen LogP contribution in [0.2, 0.25) is 0 Å². The maximum Gasteiger partial charge on any atom is 0.293 e. The number of hydrogen-bond donors (Lipinski definition) is 2. The molecule has 4 aromatic rings. The fourth-order valence-corrected chi connectivity index (χ4v) is 4.16. The molecule has 0 aliphatic heterocycles. The van der Waals surface area contributed by atoms with Gasteiger partial charge in [-0.1, -0.05) is 41.1 Å². The lowest BCUT2D eigenvalue weighted by Crippen LogP contribution is -2.22. The van der Waals surface area contributed by atoms with Crippen LogP contribution in [-0.2, 0) is 12.2 Å². The molecular formula is C23H24N8O3S. The van der Waals surface area contributed by atoms with Crippen LogP contribution in [-0.4, -0.2) is 44.0 Å². The van der Waals surface area contributed by atoms with Crippen molar-refractivity contribution in [2.75, 3.05) is 12.8 Å². The number of nitrogen functional groups attached to an aromatic ring is 1. The number of nitrogens with zero attached hydrogens (tertiary/aromatic N) is 6. The lowest BCUT2D eigenvalue weighted by Gasteiger charge is -2.08. The molecule has 0 aliphatic carbocycles. The highest BCUT2D eigenvalue weighted by molar-refractivity contribution is 7.98. The molecule has 0 radical (unpaired) electrons. The topological polar surface area (TPSA) is 146 Å². The Morgan fingerprint density at radius 3 is 2.69 bits per heavy atom. The van der Waals surface area contributed by atoms with Crippen LogP contribution in [0.1, 0.15) is 34.2 Å². The molecule has 2 aromatic carbocycles. The third-order valence-electron chi connectivity index (χ3n) is 5.06. The monoisotopic (exact) mass is 492 g/mol. The number of rotatable bonds is 9. The second kappa shape index (κ2) is 10.8. The van der Waals surface area contributed by atoms with Gasteiger partial charge in [-0.3, -0.25) is 4.79 Å². The van der Waals surface area contributed by atoms with E-state index in [1.54, 1.807) is 7.11 Å². The maximum absolute atomic E-state index is 13.0. The number of ether oxygens (including phenoxy) is 1. The van der Waals surface area contributed by atoms with Crippen LogP contribution in [0.3, 0.4) is 0 Å². The highest BCUT2D eigenvalue weighted by Gasteiger charge is 2.24. The molecule has 2 aromatic heterocycles. The van der Waals surface area contributed by atoms with Crippen LogP contribution in [0.5, 0.6) is 5.75 Å². The molecule has 4 rings (SSSR count). The number of hydrogen-bond acceptors (Lipinski definition) is 10. The first kappa shape index (κ1) is 24.0. The number of aromatic nitrogens is 5. The van der Waals surface area contributed by atoms with Crippen molar-refractivity contribution in [2.45, 2.75) is 30.9 Å². The summed E-state index contributed by atoms with van der Waals surface area (Å²) in [7, 11) is 1.61. The average Bonchev–Trinajstić information content (AvgIpc) is 3.48. The summed E-state index contributed by atoms with van der Waals surface area (Å²) in [5.41, 5.74) is 11.8. The SMILES string of the molecule is COc1ccccc1C/C(C)=N\NC(=O)c1nnn(-c2nonc2N)c1CSc1ccc(C)cc1. The van der Waals surface area contributed by atoms with Crippen molar-refractivity contribution in [3.63, 3.8) is 0 Å². The highest BCUT2D eigenvalue weighted by Crippen LogP contribution is 2.26. The van der Waals surface area contributed by atoms with Crippen LogP contribution < -0.4 is 15.9 Å². The number of carbonyl (C=O) groups excluding carboxylic acids is 1. The Morgan fingerprint density at radius 2 is 1.97 bits per heavy atom. The largest absolute Gasteiger partial charge is 0.496 e. The Bertz CT molecular complexity index is 1350. The first-order valence-corrected chi connectivity index (χ1v) is 11.6. The van der Waals surface area contributed by atoms with Crippen LogP contribution in [0.15, 0.2) is 63.2 Å². The van der Waals surface area contributed by atoms with E-state index in [4.69, 9.17) is 15.1 Å². The second-order valence-corrected chi connectivity index (χ2v) is 8.70. The van der Waals surface area contributed by atoms with Crippen molar-refractivity contribution in [1.82, 2.24) is 30.7 Å². The van der Waals surface area contributed by atoms with Crippen LogP contribution >= 0.6 is 11.8 Å². The number of anilines is 1. The van der Waals surface area contributed by atoms with Crippen molar-refractivity contribution in [1.29, 1.82) is 0 Å². The normalized spacial score (nSPS) is 11.5. The van der Waals surface area contributed by atoms with Gasteiger partial charge in [0.2, 0.25) is 11.6 Å². The van der Waals surface area contributed by atoms with Crippen molar-refractivity contribution < 1.29 is 14.2 Å². The zero-order valence-electron chi connectivity index (χ0n) is 19.4. The summed E-state index contributed by atoms with van der Waals surface area (Å²) < 4.78 is 11.4. The standard InChI is InChI=1S/C23H24N8O3S/c1-14-8-10-17(11-9-14)35-13-18-20(26-30-31(18)22-21(24)28-34-29-22)23(32)27-25-15(2)12-16-6-4-5-7-19(16)33-3/h4-11H,12-13H2,1-3H3,(H2,24,28)(H,27,32)/b25-15-. The number of methoxy groups -OCH3 is 1. The summed E-state index contributed by atoms with van der Waals surface area (Å²) in [5.74, 6) is 0.811. The Balaban J connectivity index is 1.55. The minimum absolute atomic E-state index is 0.0362. The molecule has 0 fully saturated rings. The van der Waals surface area contributed by atoms with Gasteiger partial charge in [-0.05, 0) is 47.9 Å². The second-order valence-electron chi connectivity index (χ2n) is 7.65. The van der Waals surface area contributed by atoms with Gasteiger partial charge < -0.3 is 10.5 Å². The molecule has 3 N–H and O–H groups in total. The lowest BCUT2D eigenvalue weighted by molar-refractivity contribution is 0.0949. The Morgan fingerprint density at radius 1 is 1.20 bits per heavy atom. The molecule has 0 aliphatic rings. The van der Waals surface area contributed by atoms with E-state index in [0.29, 0.717) is 23.6 Å². The van der Waals surface area contributed by atoms with Crippen LogP contribution in [0.25, 0.3) is 5.82 Å². The van der Waals surface area contributed by atoms with E-state index in [2.05, 4.69) is 31.2 Å². The molecule has 180 valence electrons. The molecular weight excluding hydrogens is 468 g/mol. The molecule has 0 unspecified atom stereocenters. The van der Waals surface area contributed by atoms with Gasteiger partial charge >= 0.3 is 0 Å². The lowest BCUT2D eigenvalue weighted by atomic mass is 10.1. The van der Waals surface area contributed by atoms with E-state index < -0.39 is 5.91 Å². The molecule has 11 nitrogen and oxygen atoms in total. The van der Waals surface area contributed by atoms with Crippen LogP contribution in [0, 0.1) is 6.92 Å². The fraction of sp³-hybridized carbons (Fsp3) is 0.217. The van der Waals surface area contributed by atoms with Gasteiger partial charge in [-0.25, -0.2) is 10.1 Å². The van der Waals surface area contributed by atoms with Gasteiger partial charge in [0, 0.05) is 22.8 Å². The first-order valence-electron chi connectivity index (χ1n) is 10.6. The number of para-hydroxylation sites is 1. The third-order valence-corrected chi connectivity index (χ3v) is 6.08. The minimum Gasteiger partial charge on any atom is -0.496 e. The van der Waals surface area contributed by atoms with Crippen molar-refractivity contribution in [3.8, 4) is 11.6 Å². The molecule has 0 bridgehead atoms. The average molecular weight is 493 g/mol. The molecule has 0 spiro atoms. The predicted molar refractivity (Wildman–Crippen MR) is 132 cm³/mol. The zero-order chi connectivity index (χ0) is 24.8. The van der Waals surface area contributed by atoms with Crippen molar-refractivity contribution in [2.24, 2.45) is 5.10 Å². The molecule has 1 amide bonds. The number of benzene rings is 2.